The molecule has 0 spiro atoms. The standard InChI is InChI=1S/C14H16Cl2O6/c1-20-13-10(16)3-2-9(15)12(13)14(19)22-7-4-8(6-17)21-11(18)5-7/h2-3,7-8,11,17-18H,4-6H2,1H3. The van der Waals surface area contributed by atoms with Gasteiger partial charge >= 0.3 is 5.97 Å². The van der Waals surface area contributed by atoms with Crippen LogP contribution in [0.15, 0.2) is 12.1 Å². The predicted octanol–water partition coefficient (Wildman–Crippen LogP) is 2.02. The van der Waals surface area contributed by atoms with Crippen molar-refractivity contribution >= 4 is 29.2 Å². The van der Waals surface area contributed by atoms with E-state index in [-0.39, 0.29) is 40.8 Å². The summed E-state index contributed by atoms with van der Waals surface area (Å²) in [6, 6.07) is 2.98. The SMILES string of the molecule is COc1c(Cl)ccc(Cl)c1C(=O)OC1CC(O)OC(CO)C1. The number of esters is 1. The third-order valence-electron chi connectivity index (χ3n) is 3.28. The van der Waals surface area contributed by atoms with Crippen LogP contribution in [0.4, 0.5) is 0 Å². The van der Waals surface area contributed by atoms with Gasteiger partial charge in [-0.05, 0) is 12.1 Å². The quantitative estimate of drug-likeness (QED) is 0.808. The molecular weight excluding hydrogens is 335 g/mol. The fourth-order valence-corrected chi connectivity index (χ4v) is 2.76. The normalized spacial score (nSPS) is 24.9. The second-order valence-electron chi connectivity index (χ2n) is 4.83. The first-order valence-electron chi connectivity index (χ1n) is 6.63. The van der Waals surface area contributed by atoms with Gasteiger partial charge in [0.25, 0.3) is 0 Å². The molecule has 2 N–H and O–H groups in total. The minimum Gasteiger partial charge on any atom is -0.494 e. The molecule has 1 aromatic rings. The molecule has 0 amide bonds. The van der Waals surface area contributed by atoms with Crippen LogP contribution in [0.3, 0.4) is 0 Å². The van der Waals surface area contributed by atoms with Gasteiger partial charge in [-0.1, -0.05) is 23.2 Å². The number of carbonyl (C=O) groups excluding carboxylic acids is 1. The van der Waals surface area contributed by atoms with Crippen molar-refractivity contribution in [2.45, 2.75) is 31.3 Å². The first-order valence-corrected chi connectivity index (χ1v) is 7.39. The molecule has 1 saturated heterocycles. The monoisotopic (exact) mass is 350 g/mol. The van der Waals surface area contributed by atoms with E-state index in [1.165, 1.54) is 19.2 Å². The molecule has 0 saturated carbocycles. The lowest BCUT2D eigenvalue weighted by Gasteiger charge is -2.31. The molecular formula is C14H16Cl2O6. The lowest BCUT2D eigenvalue weighted by atomic mass is 10.1. The number of aliphatic hydroxyl groups excluding tert-OH is 2. The third kappa shape index (κ3) is 3.83. The van der Waals surface area contributed by atoms with Gasteiger partial charge < -0.3 is 24.4 Å². The van der Waals surface area contributed by atoms with E-state index in [1.54, 1.807) is 0 Å². The Morgan fingerprint density at radius 2 is 2.05 bits per heavy atom. The molecule has 1 aliphatic rings. The maximum absolute atomic E-state index is 12.3. The molecule has 3 atom stereocenters. The van der Waals surface area contributed by atoms with Crippen LogP contribution in [-0.2, 0) is 9.47 Å². The van der Waals surface area contributed by atoms with Gasteiger partial charge in [0.1, 0.15) is 11.7 Å². The van der Waals surface area contributed by atoms with Gasteiger partial charge in [0, 0.05) is 12.8 Å². The summed E-state index contributed by atoms with van der Waals surface area (Å²) in [6.07, 6.45) is -1.89. The molecule has 1 fully saturated rings. The van der Waals surface area contributed by atoms with E-state index in [1.807, 2.05) is 0 Å². The molecule has 1 aromatic carbocycles. The maximum atomic E-state index is 12.3. The van der Waals surface area contributed by atoms with Crippen LogP contribution in [0.1, 0.15) is 23.2 Å². The van der Waals surface area contributed by atoms with E-state index in [0.717, 1.165) is 0 Å². The number of hydrogen-bond acceptors (Lipinski definition) is 6. The van der Waals surface area contributed by atoms with Crippen molar-refractivity contribution in [2.75, 3.05) is 13.7 Å². The molecule has 6 nitrogen and oxygen atoms in total. The van der Waals surface area contributed by atoms with E-state index in [4.69, 9.17) is 42.5 Å². The number of hydrogen-bond donors (Lipinski definition) is 2. The first kappa shape index (κ1) is 17.3. The van der Waals surface area contributed by atoms with Gasteiger partial charge in [0.15, 0.2) is 12.0 Å². The summed E-state index contributed by atoms with van der Waals surface area (Å²) in [7, 11) is 1.37. The fraction of sp³-hybridized carbons (Fsp3) is 0.500. The summed E-state index contributed by atoms with van der Waals surface area (Å²) in [6.45, 7) is -0.271. The van der Waals surface area contributed by atoms with E-state index in [2.05, 4.69) is 0 Å². The number of methoxy groups -OCH3 is 1. The molecule has 3 unspecified atom stereocenters. The molecule has 1 heterocycles. The zero-order chi connectivity index (χ0) is 16.3. The first-order chi connectivity index (χ1) is 10.5. The predicted molar refractivity (Wildman–Crippen MR) is 79.4 cm³/mol. The van der Waals surface area contributed by atoms with E-state index in [9.17, 15) is 9.90 Å². The van der Waals surface area contributed by atoms with Gasteiger partial charge in [-0.25, -0.2) is 4.79 Å². The highest BCUT2D eigenvalue weighted by molar-refractivity contribution is 6.37. The topological polar surface area (TPSA) is 85.2 Å². The van der Waals surface area contributed by atoms with Crippen LogP contribution >= 0.6 is 23.2 Å². The number of carbonyl (C=O) groups is 1. The van der Waals surface area contributed by atoms with Crippen molar-refractivity contribution in [3.05, 3.63) is 27.7 Å². The van der Waals surface area contributed by atoms with Crippen molar-refractivity contribution in [3.63, 3.8) is 0 Å². The fourth-order valence-electron chi connectivity index (χ4n) is 2.29. The average Bonchev–Trinajstić information content (AvgIpc) is 2.48. The van der Waals surface area contributed by atoms with Gasteiger partial charge in [-0.3, -0.25) is 0 Å². The van der Waals surface area contributed by atoms with Crippen molar-refractivity contribution in [1.82, 2.24) is 0 Å². The van der Waals surface area contributed by atoms with Crippen LogP contribution in [0.5, 0.6) is 5.75 Å². The summed E-state index contributed by atoms with van der Waals surface area (Å²) >= 11 is 12.0. The number of ether oxygens (including phenoxy) is 3. The number of halogens is 2. The zero-order valence-corrected chi connectivity index (χ0v) is 13.3. The minimum atomic E-state index is -1.10. The molecule has 2 rings (SSSR count). The Morgan fingerprint density at radius 3 is 2.68 bits per heavy atom. The summed E-state index contributed by atoms with van der Waals surface area (Å²) in [5.41, 5.74) is 0.0261. The molecule has 0 aliphatic carbocycles. The Kier molecular flexibility index (Phi) is 5.88. The van der Waals surface area contributed by atoms with Gasteiger partial charge in [-0.2, -0.15) is 0 Å². The van der Waals surface area contributed by atoms with Crippen LogP contribution in [-0.4, -0.2) is 48.4 Å². The summed E-state index contributed by atoms with van der Waals surface area (Å²) in [5, 5.41) is 19.1. The summed E-state index contributed by atoms with van der Waals surface area (Å²) < 4.78 is 15.5. The second-order valence-corrected chi connectivity index (χ2v) is 5.65. The number of benzene rings is 1. The summed E-state index contributed by atoms with van der Waals surface area (Å²) in [5.74, 6) is -0.578. The highest BCUT2D eigenvalue weighted by atomic mass is 35.5. The van der Waals surface area contributed by atoms with E-state index in [0.29, 0.717) is 0 Å². The molecule has 22 heavy (non-hydrogen) atoms. The van der Waals surface area contributed by atoms with E-state index < -0.39 is 24.5 Å². The number of rotatable bonds is 4. The molecule has 0 bridgehead atoms. The largest absolute Gasteiger partial charge is 0.494 e. The minimum absolute atomic E-state index is 0.0261. The van der Waals surface area contributed by atoms with Gasteiger partial charge in [-0.15, -0.1) is 0 Å². The third-order valence-corrected chi connectivity index (χ3v) is 3.90. The van der Waals surface area contributed by atoms with Gasteiger partial charge in [0.2, 0.25) is 0 Å². The van der Waals surface area contributed by atoms with Crippen molar-refractivity contribution in [2.24, 2.45) is 0 Å². The Balaban J connectivity index is 2.17. The van der Waals surface area contributed by atoms with Crippen LogP contribution in [0.2, 0.25) is 10.0 Å². The molecule has 122 valence electrons. The summed E-state index contributed by atoms with van der Waals surface area (Å²) in [4.78, 5) is 12.3. The Hall–Kier alpha value is -1.05. The highest BCUT2D eigenvalue weighted by Gasteiger charge is 2.32. The number of aliphatic hydroxyl groups is 2. The van der Waals surface area contributed by atoms with Gasteiger partial charge in [0.05, 0.1) is 29.9 Å². The molecule has 8 heteroatoms. The smallest absolute Gasteiger partial charge is 0.343 e. The Labute approximate surface area is 137 Å². The second kappa shape index (κ2) is 7.48. The maximum Gasteiger partial charge on any atom is 0.343 e. The molecule has 1 aliphatic heterocycles. The Bertz CT molecular complexity index is 550. The average molecular weight is 351 g/mol. The zero-order valence-electron chi connectivity index (χ0n) is 11.8. The molecule has 0 radical (unpaired) electrons. The van der Waals surface area contributed by atoms with E-state index >= 15 is 0 Å². The molecule has 0 aromatic heterocycles. The lowest BCUT2D eigenvalue weighted by Crippen LogP contribution is -2.39. The highest BCUT2D eigenvalue weighted by Crippen LogP contribution is 2.35. The van der Waals surface area contributed by atoms with Crippen molar-refractivity contribution < 1.29 is 29.2 Å². The van der Waals surface area contributed by atoms with Crippen molar-refractivity contribution in [1.29, 1.82) is 0 Å². The van der Waals surface area contributed by atoms with Crippen molar-refractivity contribution in [3.8, 4) is 5.75 Å². The van der Waals surface area contributed by atoms with Crippen LogP contribution < -0.4 is 4.74 Å². The lowest BCUT2D eigenvalue weighted by molar-refractivity contribution is -0.197. The van der Waals surface area contributed by atoms with Crippen LogP contribution in [0.25, 0.3) is 0 Å². The van der Waals surface area contributed by atoms with Crippen LogP contribution in [0, 0.1) is 0 Å². The Morgan fingerprint density at radius 1 is 1.36 bits per heavy atom.